The fraction of sp³-hybridized carbons (Fsp3) is 0.533. The number of hydrogen-bond donors (Lipinski definition) is 2. The van der Waals surface area contributed by atoms with E-state index >= 15 is 0 Å². The fourth-order valence-corrected chi connectivity index (χ4v) is 2.03. The maximum absolute atomic E-state index is 4.58. The summed E-state index contributed by atoms with van der Waals surface area (Å²) >= 11 is 0. The summed E-state index contributed by atoms with van der Waals surface area (Å²) in [7, 11) is 0. The van der Waals surface area contributed by atoms with Crippen molar-refractivity contribution in [1.82, 2.24) is 10.6 Å². The van der Waals surface area contributed by atoms with E-state index in [0.717, 1.165) is 32.0 Å². The van der Waals surface area contributed by atoms with Crippen LogP contribution in [0.5, 0.6) is 0 Å². The normalized spacial score (nSPS) is 9.47. The molecule has 0 aromatic heterocycles. The molecule has 0 radical (unpaired) electrons. The third kappa shape index (κ3) is 6.27. The van der Waals surface area contributed by atoms with Gasteiger partial charge in [0, 0.05) is 19.6 Å². The molecule has 0 unspecified atom stereocenters. The van der Waals surface area contributed by atoms with Gasteiger partial charge in [0.1, 0.15) is 0 Å². The van der Waals surface area contributed by atoms with Gasteiger partial charge in [-0.2, -0.15) is 0 Å². The Labute approximate surface area is 134 Å². The van der Waals surface area contributed by atoms with Crippen molar-refractivity contribution < 1.29 is 0 Å². The van der Waals surface area contributed by atoms with Crippen molar-refractivity contribution in [3.05, 3.63) is 34.9 Å². The van der Waals surface area contributed by atoms with Crippen LogP contribution in [0.15, 0.2) is 23.2 Å². The summed E-state index contributed by atoms with van der Waals surface area (Å²) in [5.74, 6) is 0.909. The number of aryl methyl sites for hydroxylation is 2. The molecule has 108 valence electrons. The topological polar surface area (TPSA) is 36.4 Å². The average Bonchev–Trinajstić information content (AvgIpc) is 2.33. The third-order valence-corrected chi connectivity index (χ3v) is 2.96. The van der Waals surface area contributed by atoms with Gasteiger partial charge in [-0.3, -0.25) is 4.99 Å². The highest BCUT2D eigenvalue weighted by Crippen LogP contribution is 2.13. The van der Waals surface area contributed by atoms with Gasteiger partial charge in [0.2, 0.25) is 0 Å². The molecular formula is C15H26IN3. The summed E-state index contributed by atoms with van der Waals surface area (Å²) in [5.41, 5.74) is 4.14. The van der Waals surface area contributed by atoms with Gasteiger partial charge >= 0.3 is 0 Å². The van der Waals surface area contributed by atoms with Crippen LogP contribution in [0, 0.1) is 13.8 Å². The summed E-state index contributed by atoms with van der Waals surface area (Å²) in [6.07, 6.45) is 0.999. The van der Waals surface area contributed by atoms with E-state index < -0.39 is 0 Å². The highest BCUT2D eigenvalue weighted by atomic mass is 127. The minimum Gasteiger partial charge on any atom is -0.357 e. The largest absolute Gasteiger partial charge is 0.357 e. The van der Waals surface area contributed by atoms with Crippen molar-refractivity contribution in [3.8, 4) is 0 Å². The number of nitrogens with zero attached hydrogens (tertiary/aromatic N) is 1. The summed E-state index contributed by atoms with van der Waals surface area (Å²) in [4.78, 5) is 4.58. The van der Waals surface area contributed by atoms with Gasteiger partial charge in [0.15, 0.2) is 5.96 Å². The quantitative estimate of drug-likeness (QED) is 0.472. The zero-order chi connectivity index (χ0) is 13.4. The smallest absolute Gasteiger partial charge is 0.191 e. The molecule has 0 atom stereocenters. The van der Waals surface area contributed by atoms with Gasteiger partial charge in [0.25, 0.3) is 0 Å². The molecule has 0 amide bonds. The zero-order valence-electron chi connectivity index (χ0n) is 12.4. The van der Waals surface area contributed by atoms with Gasteiger partial charge in [-0.15, -0.1) is 24.0 Å². The molecule has 2 N–H and O–H groups in total. The molecule has 1 aromatic carbocycles. The molecule has 0 heterocycles. The van der Waals surface area contributed by atoms with E-state index in [9.17, 15) is 0 Å². The Morgan fingerprint density at radius 1 is 1.05 bits per heavy atom. The SMILES string of the molecule is CCNC(=NCCc1c(C)cccc1C)NCC.I. The second kappa shape index (κ2) is 10.1. The molecule has 19 heavy (non-hydrogen) atoms. The van der Waals surface area contributed by atoms with Crippen molar-refractivity contribution >= 4 is 29.9 Å². The lowest BCUT2D eigenvalue weighted by Gasteiger charge is -2.11. The van der Waals surface area contributed by atoms with E-state index in [1.54, 1.807) is 0 Å². The first kappa shape index (κ1) is 18.2. The van der Waals surface area contributed by atoms with Crippen LogP contribution in [0.2, 0.25) is 0 Å². The van der Waals surface area contributed by atoms with Crippen LogP contribution in [-0.2, 0) is 6.42 Å². The molecule has 1 rings (SSSR count). The first-order valence-corrected chi connectivity index (χ1v) is 6.76. The zero-order valence-corrected chi connectivity index (χ0v) is 14.7. The number of benzene rings is 1. The lowest BCUT2D eigenvalue weighted by atomic mass is 10.0. The van der Waals surface area contributed by atoms with E-state index in [0.29, 0.717) is 0 Å². The number of aliphatic imine (C=N–C) groups is 1. The van der Waals surface area contributed by atoms with Crippen molar-refractivity contribution in [2.45, 2.75) is 34.1 Å². The van der Waals surface area contributed by atoms with E-state index in [1.807, 2.05) is 0 Å². The van der Waals surface area contributed by atoms with Gasteiger partial charge < -0.3 is 10.6 Å². The number of hydrogen-bond acceptors (Lipinski definition) is 1. The number of guanidine groups is 1. The molecule has 0 fully saturated rings. The first-order valence-electron chi connectivity index (χ1n) is 6.76. The van der Waals surface area contributed by atoms with Crippen LogP contribution in [-0.4, -0.2) is 25.6 Å². The van der Waals surface area contributed by atoms with Gasteiger partial charge in [-0.1, -0.05) is 18.2 Å². The van der Waals surface area contributed by atoms with E-state index in [2.05, 4.69) is 61.5 Å². The molecule has 0 saturated heterocycles. The van der Waals surface area contributed by atoms with Crippen molar-refractivity contribution in [2.24, 2.45) is 4.99 Å². The molecular weight excluding hydrogens is 349 g/mol. The molecule has 0 saturated carbocycles. The second-order valence-corrected chi connectivity index (χ2v) is 4.41. The Morgan fingerprint density at radius 3 is 2.05 bits per heavy atom. The molecule has 0 aliphatic rings. The molecule has 3 nitrogen and oxygen atoms in total. The van der Waals surface area contributed by atoms with E-state index in [-0.39, 0.29) is 24.0 Å². The van der Waals surface area contributed by atoms with Crippen LogP contribution in [0.4, 0.5) is 0 Å². The lowest BCUT2D eigenvalue weighted by Crippen LogP contribution is -2.37. The van der Waals surface area contributed by atoms with Crippen molar-refractivity contribution in [2.75, 3.05) is 19.6 Å². The predicted molar refractivity (Wildman–Crippen MR) is 94.7 cm³/mol. The summed E-state index contributed by atoms with van der Waals surface area (Å²) in [6.45, 7) is 11.1. The summed E-state index contributed by atoms with van der Waals surface area (Å²) in [6, 6.07) is 6.45. The lowest BCUT2D eigenvalue weighted by molar-refractivity contribution is 0.831. The monoisotopic (exact) mass is 375 g/mol. The molecule has 1 aromatic rings. The van der Waals surface area contributed by atoms with Crippen LogP contribution in [0.1, 0.15) is 30.5 Å². The van der Waals surface area contributed by atoms with E-state index in [4.69, 9.17) is 0 Å². The fourth-order valence-electron chi connectivity index (χ4n) is 2.03. The first-order chi connectivity index (χ1) is 8.69. The average molecular weight is 375 g/mol. The number of rotatable bonds is 5. The highest BCUT2D eigenvalue weighted by molar-refractivity contribution is 14.0. The van der Waals surface area contributed by atoms with Crippen molar-refractivity contribution in [3.63, 3.8) is 0 Å². The van der Waals surface area contributed by atoms with Crippen LogP contribution in [0.3, 0.4) is 0 Å². The van der Waals surface area contributed by atoms with Crippen LogP contribution < -0.4 is 10.6 Å². The number of nitrogens with one attached hydrogen (secondary N) is 2. The highest BCUT2D eigenvalue weighted by Gasteiger charge is 2.01. The Bertz CT molecular complexity index is 374. The Balaban J connectivity index is 0.00000324. The Kier molecular flexibility index (Phi) is 9.65. The minimum absolute atomic E-state index is 0. The molecule has 0 aliphatic heterocycles. The Morgan fingerprint density at radius 2 is 1.58 bits per heavy atom. The molecule has 4 heteroatoms. The summed E-state index contributed by atoms with van der Waals surface area (Å²) in [5, 5.41) is 6.48. The van der Waals surface area contributed by atoms with Gasteiger partial charge in [-0.05, 0) is 50.8 Å². The summed E-state index contributed by atoms with van der Waals surface area (Å²) < 4.78 is 0. The molecule has 0 bridgehead atoms. The predicted octanol–water partition coefficient (Wildman–Crippen LogP) is 3.04. The van der Waals surface area contributed by atoms with Gasteiger partial charge in [0.05, 0.1) is 0 Å². The Hall–Kier alpha value is -0.780. The maximum Gasteiger partial charge on any atom is 0.191 e. The third-order valence-electron chi connectivity index (χ3n) is 2.96. The molecule has 0 spiro atoms. The number of halogens is 1. The van der Waals surface area contributed by atoms with Gasteiger partial charge in [-0.25, -0.2) is 0 Å². The van der Waals surface area contributed by atoms with Crippen LogP contribution >= 0.6 is 24.0 Å². The van der Waals surface area contributed by atoms with Crippen molar-refractivity contribution in [1.29, 1.82) is 0 Å². The maximum atomic E-state index is 4.58. The second-order valence-electron chi connectivity index (χ2n) is 4.41. The van der Waals surface area contributed by atoms with Crippen LogP contribution in [0.25, 0.3) is 0 Å². The minimum atomic E-state index is 0. The molecule has 0 aliphatic carbocycles. The standard InChI is InChI=1S/C15H25N3.HI/c1-5-16-15(17-6-2)18-11-10-14-12(3)8-7-9-13(14)4;/h7-9H,5-6,10-11H2,1-4H3,(H2,16,17,18);1H. The van der Waals surface area contributed by atoms with E-state index in [1.165, 1.54) is 16.7 Å².